The summed E-state index contributed by atoms with van der Waals surface area (Å²) in [6.45, 7) is 0. The molecular weight excluding hydrogens is 226 g/mol. The molecule has 1 nitrogen and oxygen atoms in total. The van der Waals surface area contributed by atoms with Crippen LogP contribution in [-0.4, -0.2) is 5.75 Å². The molecule has 17 heavy (non-hydrogen) atoms. The Kier molecular flexibility index (Phi) is 3.16. The van der Waals surface area contributed by atoms with Crippen LogP contribution in [0.5, 0.6) is 0 Å². The molecule has 3 rings (SSSR count). The zero-order valence-electron chi connectivity index (χ0n) is 9.54. The highest BCUT2D eigenvalue weighted by Gasteiger charge is 2.25. The Morgan fingerprint density at radius 1 is 0.824 bits per heavy atom. The van der Waals surface area contributed by atoms with E-state index in [0.717, 1.165) is 5.75 Å². The zero-order valence-corrected chi connectivity index (χ0v) is 10.4. The van der Waals surface area contributed by atoms with Gasteiger partial charge in [-0.05, 0) is 11.1 Å². The van der Waals surface area contributed by atoms with Gasteiger partial charge in [0, 0.05) is 11.8 Å². The topological polar surface area (TPSA) is 12.0 Å². The number of hydrogen-bond acceptors (Lipinski definition) is 2. The van der Waals surface area contributed by atoms with E-state index < -0.39 is 0 Å². The molecule has 0 amide bonds. The zero-order chi connectivity index (χ0) is 11.5. The molecule has 0 aromatic heterocycles. The highest BCUT2D eigenvalue weighted by molar-refractivity contribution is 7.99. The van der Waals surface area contributed by atoms with Gasteiger partial charge in [0.2, 0.25) is 0 Å². The van der Waals surface area contributed by atoms with Crippen LogP contribution in [0.3, 0.4) is 0 Å². The Bertz CT molecular complexity index is 423. The lowest BCUT2D eigenvalue weighted by Crippen LogP contribution is -2.17. The van der Waals surface area contributed by atoms with Gasteiger partial charge in [0.05, 0.1) is 5.37 Å². The third-order valence-electron chi connectivity index (χ3n) is 3.09. The Morgan fingerprint density at radius 3 is 2.06 bits per heavy atom. The van der Waals surface area contributed by atoms with Crippen LogP contribution in [0.2, 0.25) is 0 Å². The minimum Gasteiger partial charge on any atom is -0.294 e. The summed E-state index contributed by atoms with van der Waals surface area (Å²) in [5.41, 5.74) is 2.76. The standard InChI is InChI=1S/C15H15NS/c1-3-7-12(8-4-1)14-11-17-15(16-14)13-9-5-2-6-10-13/h1-10,14-16H,11H2/t14-,15?/m0/s1. The molecule has 1 N–H and O–H groups in total. The van der Waals surface area contributed by atoms with Gasteiger partial charge in [-0.25, -0.2) is 0 Å². The predicted molar refractivity (Wildman–Crippen MR) is 74.0 cm³/mol. The van der Waals surface area contributed by atoms with Crippen molar-refractivity contribution >= 4 is 11.8 Å². The molecule has 86 valence electrons. The largest absolute Gasteiger partial charge is 0.294 e. The van der Waals surface area contributed by atoms with E-state index in [-0.39, 0.29) is 0 Å². The molecule has 0 aliphatic carbocycles. The van der Waals surface area contributed by atoms with Crippen LogP contribution in [0.25, 0.3) is 0 Å². The maximum absolute atomic E-state index is 3.69. The van der Waals surface area contributed by atoms with Crippen LogP contribution in [-0.2, 0) is 0 Å². The van der Waals surface area contributed by atoms with Gasteiger partial charge in [0.1, 0.15) is 0 Å². The van der Waals surface area contributed by atoms with Crippen molar-refractivity contribution in [2.45, 2.75) is 11.4 Å². The molecule has 1 saturated heterocycles. The minimum atomic E-state index is 0.432. The summed E-state index contributed by atoms with van der Waals surface area (Å²) in [4.78, 5) is 0. The van der Waals surface area contributed by atoms with E-state index >= 15 is 0 Å². The maximum atomic E-state index is 3.69. The molecule has 1 heterocycles. The second kappa shape index (κ2) is 4.94. The molecule has 1 unspecified atom stereocenters. The monoisotopic (exact) mass is 241 g/mol. The lowest BCUT2D eigenvalue weighted by Gasteiger charge is -2.13. The van der Waals surface area contributed by atoms with Gasteiger partial charge in [0.15, 0.2) is 0 Å². The average Bonchev–Trinajstić information content (AvgIpc) is 2.90. The van der Waals surface area contributed by atoms with Gasteiger partial charge < -0.3 is 0 Å². The third-order valence-corrected chi connectivity index (χ3v) is 4.35. The fraction of sp³-hybridized carbons (Fsp3) is 0.200. The van der Waals surface area contributed by atoms with E-state index in [1.54, 1.807) is 0 Å². The van der Waals surface area contributed by atoms with Crippen LogP contribution in [0, 0.1) is 0 Å². The van der Waals surface area contributed by atoms with E-state index in [0.29, 0.717) is 11.4 Å². The SMILES string of the molecule is c1ccc(C2N[C@H](c3ccccc3)CS2)cc1. The Hall–Kier alpha value is -1.25. The summed E-state index contributed by atoms with van der Waals surface area (Å²) >= 11 is 1.99. The first-order chi connectivity index (χ1) is 8.43. The molecule has 2 atom stereocenters. The van der Waals surface area contributed by atoms with Crippen molar-refractivity contribution in [3.63, 3.8) is 0 Å². The van der Waals surface area contributed by atoms with Crippen molar-refractivity contribution in [2.24, 2.45) is 0 Å². The Labute approximate surface area is 106 Å². The summed E-state index contributed by atoms with van der Waals surface area (Å²) in [6.07, 6.45) is 0. The third kappa shape index (κ3) is 2.38. The van der Waals surface area contributed by atoms with Gasteiger partial charge in [-0.15, -0.1) is 11.8 Å². The molecule has 0 radical (unpaired) electrons. The second-order valence-corrected chi connectivity index (χ2v) is 5.39. The van der Waals surface area contributed by atoms with Crippen LogP contribution >= 0.6 is 11.8 Å². The molecule has 0 spiro atoms. The van der Waals surface area contributed by atoms with Crippen LogP contribution < -0.4 is 5.32 Å². The Balaban J connectivity index is 1.75. The van der Waals surface area contributed by atoms with Crippen molar-refractivity contribution < 1.29 is 0 Å². The fourth-order valence-corrected chi connectivity index (χ4v) is 3.45. The molecular formula is C15H15NS. The van der Waals surface area contributed by atoms with E-state index in [1.165, 1.54) is 11.1 Å². The molecule has 0 saturated carbocycles. The number of benzene rings is 2. The minimum absolute atomic E-state index is 0.432. The molecule has 2 aromatic carbocycles. The quantitative estimate of drug-likeness (QED) is 0.859. The smallest absolute Gasteiger partial charge is 0.0795 e. The lowest BCUT2D eigenvalue weighted by atomic mass is 10.1. The first kappa shape index (κ1) is 10.9. The van der Waals surface area contributed by atoms with E-state index in [9.17, 15) is 0 Å². The molecule has 2 heteroatoms. The van der Waals surface area contributed by atoms with Gasteiger partial charge >= 0.3 is 0 Å². The molecule has 0 bridgehead atoms. The van der Waals surface area contributed by atoms with E-state index in [2.05, 4.69) is 66.0 Å². The van der Waals surface area contributed by atoms with Crippen molar-refractivity contribution in [1.29, 1.82) is 0 Å². The predicted octanol–water partition coefficient (Wildman–Crippen LogP) is 3.76. The number of thioether (sulfide) groups is 1. The van der Waals surface area contributed by atoms with Gasteiger partial charge in [0.25, 0.3) is 0 Å². The van der Waals surface area contributed by atoms with E-state index in [4.69, 9.17) is 0 Å². The van der Waals surface area contributed by atoms with Crippen molar-refractivity contribution in [3.05, 3.63) is 71.8 Å². The highest BCUT2D eigenvalue weighted by atomic mass is 32.2. The van der Waals surface area contributed by atoms with Gasteiger partial charge in [-0.1, -0.05) is 60.7 Å². The van der Waals surface area contributed by atoms with Gasteiger partial charge in [-0.3, -0.25) is 5.32 Å². The molecule has 1 aliphatic heterocycles. The average molecular weight is 241 g/mol. The molecule has 2 aromatic rings. The first-order valence-corrected chi connectivity index (χ1v) is 6.96. The highest BCUT2D eigenvalue weighted by Crippen LogP contribution is 2.38. The number of rotatable bonds is 2. The lowest BCUT2D eigenvalue weighted by molar-refractivity contribution is 0.605. The van der Waals surface area contributed by atoms with Crippen LogP contribution in [0.4, 0.5) is 0 Å². The fourth-order valence-electron chi connectivity index (χ4n) is 2.17. The number of hydrogen-bond donors (Lipinski definition) is 1. The summed E-state index contributed by atoms with van der Waals surface area (Å²) in [5.74, 6) is 1.14. The first-order valence-electron chi connectivity index (χ1n) is 5.91. The Morgan fingerprint density at radius 2 is 1.41 bits per heavy atom. The summed E-state index contributed by atoms with van der Waals surface area (Å²) in [5, 5.41) is 4.12. The van der Waals surface area contributed by atoms with Crippen molar-refractivity contribution in [1.82, 2.24) is 5.32 Å². The second-order valence-electron chi connectivity index (χ2n) is 4.25. The van der Waals surface area contributed by atoms with Crippen molar-refractivity contribution in [3.8, 4) is 0 Å². The summed E-state index contributed by atoms with van der Waals surface area (Å²) in [6, 6.07) is 21.8. The molecule has 1 aliphatic rings. The van der Waals surface area contributed by atoms with E-state index in [1.807, 2.05) is 11.8 Å². The summed E-state index contributed by atoms with van der Waals surface area (Å²) < 4.78 is 0. The van der Waals surface area contributed by atoms with Crippen molar-refractivity contribution in [2.75, 3.05) is 5.75 Å². The van der Waals surface area contributed by atoms with Crippen LogP contribution in [0.15, 0.2) is 60.7 Å². The molecule has 1 fully saturated rings. The number of nitrogens with one attached hydrogen (secondary N) is 1. The normalized spacial score (nSPS) is 23.8. The summed E-state index contributed by atoms with van der Waals surface area (Å²) in [7, 11) is 0. The van der Waals surface area contributed by atoms with Crippen LogP contribution in [0.1, 0.15) is 22.5 Å². The maximum Gasteiger partial charge on any atom is 0.0795 e. The van der Waals surface area contributed by atoms with Gasteiger partial charge in [-0.2, -0.15) is 0 Å².